The second kappa shape index (κ2) is 14.3. The van der Waals surface area contributed by atoms with Crippen molar-refractivity contribution in [2.45, 2.75) is 0 Å². The van der Waals surface area contributed by atoms with Gasteiger partial charge in [-0.15, -0.1) is 0 Å². The molecule has 0 atom stereocenters. The molecule has 0 fully saturated rings. The van der Waals surface area contributed by atoms with Gasteiger partial charge in [0.1, 0.15) is 0 Å². The van der Waals surface area contributed by atoms with Crippen molar-refractivity contribution in [3.8, 4) is 22.7 Å². The minimum absolute atomic E-state index is 0.942. The molecule has 10 aromatic carbocycles. The Bertz CT molecular complexity index is 4230. The quantitative estimate of drug-likeness (QED) is 0.174. The molecule has 4 aromatic heterocycles. The van der Waals surface area contributed by atoms with E-state index in [1.54, 1.807) is 0 Å². The molecule has 5 heteroatoms. The van der Waals surface area contributed by atoms with Crippen LogP contribution in [0.4, 0.5) is 0 Å². The third-order valence-corrected chi connectivity index (χ3v) is 13.7. The molecule has 0 N–H and O–H groups in total. The number of fused-ring (bicyclic) bond motifs is 15. The Morgan fingerprint density at radius 1 is 0.273 bits per heavy atom. The fourth-order valence-electron chi connectivity index (χ4n) is 10.9. The summed E-state index contributed by atoms with van der Waals surface area (Å²) in [6.45, 7) is 0. The van der Waals surface area contributed by atoms with Crippen LogP contribution in [0.2, 0.25) is 0 Å². The largest absolute Gasteiger partial charge is 0.314 e. The van der Waals surface area contributed by atoms with Crippen LogP contribution in [0.5, 0.6) is 0 Å². The van der Waals surface area contributed by atoms with E-state index < -0.39 is 0 Å². The zero-order chi connectivity index (χ0) is 43.3. The van der Waals surface area contributed by atoms with Crippen molar-refractivity contribution in [3.63, 3.8) is 0 Å². The first-order valence-electron chi connectivity index (χ1n) is 22.5. The standard InChI is InChI=1S/C61H39N5/c1-3-18-40(19-4-1)63-36-37-64(41-20-5-2-6-21-41)58-39-50-49(38-57(58)63)47-27-16-34-56(66-53-31-13-9-24-44(53)45-25-10-14-32-54(45)66)60(47)59-46(48-28-17-35-62-61(48)50)26-15-33-55(59)65-51-29-11-7-22-42(51)43-23-8-12-30-52(43)65/h1-39H. The summed E-state index contributed by atoms with van der Waals surface area (Å²) < 4.78 is 9.61. The Labute approximate surface area is 379 Å². The smallest absolute Gasteiger partial charge is 0.0787 e. The molecule has 0 unspecified atom stereocenters. The normalized spacial score (nSPS) is 11.9. The second-order valence-corrected chi connectivity index (χ2v) is 17.1. The molecule has 66 heavy (non-hydrogen) atoms. The van der Waals surface area contributed by atoms with Crippen LogP contribution in [0.15, 0.2) is 237 Å². The Morgan fingerprint density at radius 2 is 0.652 bits per heavy atom. The maximum atomic E-state index is 5.34. The SMILES string of the molecule is c1ccc(-n2ccn(-c3ccccc3)c3cc4c(cc32)c2cccc(-n3c5ccccc5c5ccccc53)c2c2c(-n3c5ccccc5c5ccccc53)cccc2c2cccnc42)cc1. The molecule has 0 saturated heterocycles. The van der Waals surface area contributed by atoms with E-state index in [1.807, 2.05) is 6.20 Å². The lowest BCUT2D eigenvalue weighted by atomic mass is 9.93. The summed E-state index contributed by atoms with van der Waals surface area (Å²) in [5.41, 5.74) is 12.1. The first-order valence-corrected chi connectivity index (χ1v) is 22.5. The minimum Gasteiger partial charge on any atom is -0.314 e. The van der Waals surface area contributed by atoms with Gasteiger partial charge in [0, 0.05) is 73.1 Å². The molecule has 308 valence electrons. The van der Waals surface area contributed by atoms with Crippen LogP contribution in [0, 0.1) is 0 Å². The average Bonchev–Trinajstić information content (AvgIpc) is 3.90. The van der Waals surface area contributed by atoms with Crippen molar-refractivity contribution in [2.75, 3.05) is 0 Å². The second-order valence-electron chi connectivity index (χ2n) is 17.1. The summed E-state index contributed by atoms with van der Waals surface area (Å²) in [5.74, 6) is 0. The Hall–Kier alpha value is -8.93. The number of hydrogen-bond donors (Lipinski definition) is 0. The van der Waals surface area contributed by atoms with E-state index in [0.29, 0.717) is 0 Å². The zero-order valence-corrected chi connectivity index (χ0v) is 35.8. The number of pyridine rings is 1. The molecule has 14 rings (SSSR count). The number of rotatable bonds is 4. The molecule has 0 saturated carbocycles. The first kappa shape index (κ1) is 36.5. The van der Waals surface area contributed by atoms with Crippen LogP contribution in [-0.2, 0) is 0 Å². The van der Waals surface area contributed by atoms with Crippen LogP contribution in [0.3, 0.4) is 0 Å². The zero-order valence-electron chi connectivity index (χ0n) is 35.8. The van der Waals surface area contributed by atoms with Gasteiger partial charge in [0.15, 0.2) is 0 Å². The highest BCUT2D eigenvalue weighted by Gasteiger charge is 2.22. The summed E-state index contributed by atoms with van der Waals surface area (Å²) >= 11 is 0. The van der Waals surface area contributed by atoms with Gasteiger partial charge in [-0.1, -0.05) is 140 Å². The molecule has 14 aromatic rings. The minimum atomic E-state index is 0.942. The van der Waals surface area contributed by atoms with Crippen LogP contribution in [-0.4, -0.2) is 23.3 Å². The van der Waals surface area contributed by atoms with Gasteiger partial charge in [-0.3, -0.25) is 4.98 Å². The molecule has 0 bridgehead atoms. The van der Waals surface area contributed by atoms with Crippen molar-refractivity contribution in [2.24, 2.45) is 0 Å². The fraction of sp³-hybridized carbons (Fsp3) is 0. The number of hydrogen-bond acceptors (Lipinski definition) is 1. The monoisotopic (exact) mass is 841 g/mol. The Balaban J connectivity index is 1.28. The van der Waals surface area contributed by atoms with Crippen LogP contribution in [0.25, 0.3) is 121 Å². The summed E-state index contributed by atoms with van der Waals surface area (Å²) in [4.78, 5) is 5.34. The third kappa shape index (κ3) is 5.25. The van der Waals surface area contributed by atoms with E-state index in [9.17, 15) is 0 Å². The molecule has 0 spiro atoms. The summed E-state index contributed by atoms with van der Waals surface area (Å²) in [6.07, 6.45) is 6.32. The molecular formula is C61H39N5. The van der Waals surface area contributed by atoms with E-state index in [-0.39, 0.29) is 0 Å². The predicted octanol–water partition coefficient (Wildman–Crippen LogP) is 15.7. The fourth-order valence-corrected chi connectivity index (χ4v) is 10.9. The number of nitrogens with zero attached hydrogens (tertiary/aromatic N) is 5. The molecule has 0 aliphatic heterocycles. The highest BCUT2D eigenvalue weighted by Crippen LogP contribution is 2.45. The van der Waals surface area contributed by atoms with Gasteiger partial charge in [-0.2, -0.15) is 0 Å². The third-order valence-electron chi connectivity index (χ3n) is 13.7. The molecule has 0 aliphatic carbocycles. The molecule has 5 nitrogen and oxygen atoms in total. The van der Waals surface area contributed by atoms with Crippen LogP contribution >= 0.6 is 0 Å². The number of aromatic nitrogens is 5. The highest BCUT2D eigenvalue weighted by molar-refractivity contribution is 6.30. The van der Waals surface area contributed by atoms with Gasteiger partial charge in [0.25, 0.3) is 0 Å². The van der Waals surface area contributed by atoms with E-state index in [4.69, 9.17) is 4.98 Å². The lowest BCUT2D eigenvalue weighted by Gasteiger charge is -2.20. The molecule has 0 radical (unpaired) electrons. The van der Waals surface area contributed by atoms with Gasteiger partial charge in [0.05, 0.1) is 50.0 Å². The molecular weight excluding hydrogens is 803 g/mol. The lowest BCUT2D eigenvalue weighted by Crippen LogP contribution is -2.05. The van der Waals surface area contributed by atoms with Crippen molar-refractivity contribution in [1.29, 1.82) is 0 Å². The Morgan fingerprint density at radius 3 is 1.12 bits per heavy atom. The number of para-hydroxylation sites is 6. The first-order chi connectivity index (χ1) is 32.8. The number of benzene rings is 9. The Kier molecular flexibility index (Phi) is 7.91. The molecule has 4 heterocycles. The van der Waals surface area contributed by atoms with Gasteiger partial charge < -0.3 is 18.3 Å². The van der Waals surface area contributed by atoms with E-state index in [2.05, 4.69) is 249 Å². The lowest BCUT2D eigenvalue weighted by molar-refractivity contribution is 1.01. The van der Waals surface area contributed by atoms with Crippen LogP contribution < -0.4 is 0 Å². The van der Waals surface area contributed by atoms with Gasteiger partial charge in [-0.05, 0) is 95.0 Å². The van der Waals surface area contributed by atoms with Crippen molar-refractivity contribution in [3.05, 3.63) is 237 Å². The van der Waals surface area contributed by atoms with Crippen molar-refractivity contribution >= 4 is 97.9 Å². The summed E-state index contributed by atoms with van der Waals surface area (Å²) in [7, 11) is 0. The maximum Gasteiger partial charge on any atom is 0.0787 e. The van der Waals surface area contributed by atoms with Gasteiger partial charge in [0.2, 0.25) is 0 Å². The average molecular weight is 842 g/mol. The van der Waals surface area contributed by atoms with Gasteiger partial charge in [-0.25, -0.2) is 0 Å². The summed E-state index contributed by atoms with van der Waals surface area (Å²) in [5, 5.41) is 12.7. The van der Waals surface area contributed by atoms with Gasteiger partial charge >= 0.3 is 0 Å². The highest BCUT2D eigenvalue weighted by atomic mass is 15.1. The topological polar surface area (TPSA) is 32.6 Å². The van der Waals surface area contributed by atoms with E-state index >= 15 is 0 Å². The van der Waals surface area contributed by atoms with E-state index in [1.165, 1.54) is 21.5 Å². The maximum absolute atomic E-state index is 5.34. The van der Waals surface area contributed by atoms with Crippen molar-refractivity contribution < 1.29 is 0 Å². The predicted molar refractivity (Wildman–Crippen MR) is 277 cm³/mol. The summed E-state index contributed by atoms with van der Waals surface area (Å²) in [6, 6.07) is 79.5. The molecule has 0 aliphatic rings. The molecule has 0 amide bonds. The van der Waals surface area contributed by atoms with Crippen LogP contribution in [0.1, 0.15) is 0 Å². The van der Waals surface area contributed by atoms with Crippen molar-refractivity contribution in [1.82, 2.24) is 23.3 Å². The van der Waals surface area contributed by atoms with E-state index in [0.717, 1.165) is 99.1 Å².